The van der Waals surface area contributed by atoms with Crippen LogP contribution in [0.1, 0.15) is 33.4 Å². The zero-order valence-corrected chi connectivity index (χ0v) is 29.5. The molecule has 6 heteroatoms. The minimum Gasteiger partial charge on any atom is -0.296 e. The molecule has 248 valence electrons. The lowest BCUT2D eigenvalue weighted by Crippen LogP contribution is -2.32. The highest BCUT2D eigenvalue weighted by Crippen LogP contribution is 2.63. The molecule has 8 aromatic rings. The summed E-state index contributed by atoms with van der Waals surface area (Å²) in [5, 5.41) is 12.2. The van der Waals surface area contributed by atoms with Crippen LogP contribution in [0.5, 0.6) is 0 Å². The summed E-state index contributed by atoms with van der Waals surface area (Å²) in [5.41, 5.74) is 10.8. The highest BCUT2D eigenvalue weighted by molar-refractivity contribution is 7.99. The Morgan fingerprint density at radius 1 is 0.547 bits per heavy atom. The summed E-state index contributed by atoms with van der Waals surface area (Å²) in [4.78, 5) is 21.8. The Morgan fingerprint density at radius 3 is 1.85 bits per heavy atom. The van der Waals surface area contributed by atoms with Gasteiger partial charge in [0.2, 0.25) is 0 Å². The number of rotatable bonds is 4. The molecule has 1 atom stereocenters. The molecular formula is C47H29N5S. The molecule has 1 unspecified atom stereocenters. The van der Waals surface area contributed by atoms with Crippen molar-refractivity contribution in [2.45, 2.75) is 15.2 Å². The van der Waals surface area contributed by atoms with Gasteiger partial charge in [-0.1, -0.05) is 121 Å². The first kappa shape index (κ1) is 31.1. The van der Waals surface area contributed by atoms with E-state index in [1.807, 2.05) is 66.7 Å². The lowest BCUT2D eigenvalue weighted by atomic mass is 9.67. The smallest absolute Gasteiger partial charge is 0.164 e. The van der Waals surface area contributed by atoms with Crippen LogP contribution in [0.15, 0.2) is 166 Å². The second kappa shape index (κ2) is 12.2. The van der Waals surface area contributed by atoms with Gasteiger partial charge >= 0.3 is 0 Å². The van der Waals surface area contributed by atoms with Crippen LogP contribution >= 0.6 is 11.8 Å². The molecule has 7 aromatic carbocycles. The summed E-state index contributed by atoms with van der Waals surface area (Å²) >= 11 is 1.80. The van der Waals surface area contributed by atoms with Crippen LogP contribution in [-0.2, 0) is 5.41 Å². The third kappa shape index (κ3) is 4.78. The van der Waals surface area contributed by atoms with Crippen LogP contribution in [0.3, 0.4) is 0 Å². The highest BCUT2D eigenvalue weighted by Gasteiger charge is 2.50. The number of fused-ring (bicyclic) bond motifs is 10. The van der Waals surface area contributed by atoms with Gasteiger partial charge in [0.25, 0.3) is 0 Å². The molecule has 0 amide bonds. The molecule has 1 aliphatic carbocycles. The maximum Gasteiger partial charge on any atom is 0.164 e. The van der Waals surface area contributed by atoms with Gasteiger partial charge in [-0.2, -0.15) is 5.26 Å². The first-order chi connectivity index (χ1) is 26.1. The van der Waals surface area contributed by atoms with Gasteiger partial charge in [0.1, 0.15) is 0 Å². The quantitative estimate of drug-likeness (QED) is 0.171. The fourth-order valence-electron chi connectivity index (χ4n) is 8.13. The van der Waals surface area contributed by atoms with E-state index in [1.165, 1.54) is 43.2 Å². The molecular weight excluding hydrogens is 667 g/mol. The van der Waals surface area contributed by atoms with E-state index in [0.29, 0.717) is 23.0 Å². The standard InChI is InChI=1S/C47H29N5S/c1-49-28-35-23-32-24-37-36-16-8-9-17-38(36)47(40(37)26-33(32)22-34(35)27-48)39-18-10-11-19-42(39)53-43-21-20-31(25-41(43)47)46-51-44(29-12-4-2-5-13-29)50-45(52-46)30-14-6-3-7-15-30/h2-26,28H,1H3. The minimum atomic E-state index is -0.624. The number of hydrogen-bond donors (Lipinski definition) is 0. The topological polar surface area (TPSA) is 74.8 Å². The monoisotopic (exact) mass is 695 g/mol. The fraction of sp³-hybridized carbons (Fsp3) is 0.0426. The molecule has 0 fully saturated rings. The molecule has 2 aliphatic rings. The highest BCUT2D eigenvalue weighted by atomic mass is 32.2. The zero-order valence-electron chi connectivity index (χ0n) is 28.7. The Hall–Kier alpha value is -6.68. The van der Waals surface area contributed by atoms with E-state index >= 15 is 0 Å². The average molecular weight is 696 g/mol. The maximum atomic E-state index is 10.1. The molecule has 2 heterocycles. The number of hydrogen-bond acceptors (Lipinski definition) is 6. The predicted molar refractivity (Wildman–Crippen MR) is 213 cm³/mol. The van der Waals surface area contributed by atoms with Crippen LogP contribution < -0.4 is 0 Å². The Balaban J connectivity index is 1.27. The summed E-state index contributed by atoms with van der Waals surface area (Å²) in [5.74, 6) is 1.88. The van der Waals surface area contributed by atoms with E-state index in [2.05, 4.69) is 96.0 Å². The Bertz CT molecular complexity index is 2780. The number of nitrogens with zero attached hydrogens (tertiary/aromatic N) is 5. The molecule has 1 aliphatic heterocycles. The summed E-state index contributed by atoms with van der Waals surface area (Å²) in [6, 6.07) is 55.5. The Labute approximate surface area is 311 Å². The molecule has 0 radical (unpaired) electrons. The van der Waals surface area contributed by atoms with Gasteiger partial charge in [-0.15, -0.1) is 0 Å². The Morgan fingerprint density at radius 2 is 1.15 bits per heavy atom. The number of nitriles is 1. The second-order valence-corrected chi connectivity index (χ2v) is 14.4. The van der Waals surface area contributed by atoms with Gasteiger partial charge in [0.05, 0.1) is 17.0 Å². The van der Waals surface area contributed by atoms with Crippen LogP contribution in [0.25, 0.3) is 56.1 Å². The predicted octanol–water partition coefficient (Wildman–Crippen LogP) is 10.8. The average Bonchev–Trinajstić information content (AvgIpc) is 3.49. The molecule has 53 heavy (non-hydrogen) atoms. The van der Waals surface area contributed by atoms with Crippen LogP contribution in [0.2, 0.25) is 0 Å². The lowest BCUT2D eigenvalue weighted by molar-refractivity contribution is 0.723. The molecule has 0 N–H and O–H groups in total. The van der Waals surface area contributed by atoms with Crippen molar-refractivity contribution in [1.29, 1.82) is 5.26 Å². The van der Waals surface area contributed by atoms with Gasteiger partial charge < -0.3 is 0 Å². The zero-order chi connectivity index (χ0) is 35.5. The third-order valence-corrected chi connectivity index (χ3v) is 11.6. The van der Waals surface area contributed by atoms with E-state index in [-0.39, 0.29) is 0 Å². The van der Waals surface area contributed by atoms with E-state index in [0.717, 1.165) is 33.0 Å². The van der Waals surface area contributed by atoms with Crippen molar-refractivity contribution in [2.75, 3.05) is 7.05 Å². The van der Waals surface area contributed by atoms with Crippen LogP contribution in [0.4, 0.5) is 0 Å². The second-order valence-electron chi connectivity index (χ2n) is 13.3. The van der Waals surface area contributed by atoms with E-state index in [9.17, 15) is 5.26 Å². The molecule has 0 bridgehead atoms. The van der Waals surface area contributed by atoms with E-state index in [4.69, 9.17) is 15.0 Å². The lowest BCUT2D eigenvalue weighted by Gasteiger charge is -2.40. The summed E-state index contributed by atoms with van der Waals surface area (Å²) < 4.78 is 0. The van der Waals surface area contributed by atoms with E-state index in [1.54, 1.807) is 25.0 Å². The third-order valence-electron chi connectivity index (χ3n) is 10.4. The molecule has 1 aromatic heterocycles. The largest absolute Gasteiger partial charge is 0.296 e. The van der Waals surface area contributed by atoms with Crippen molar-refractivity contribution in [3.63, 3.8) is 0 Å². The molecule has 1 spiro atoms. The first-order valence-corrected chi connectivity index (χ1v) is 18.3. The van der Waals surface area contributed by atoms with Crippen molar-refractivity contribution in [3.8, 4) is 51.4 Å². The van der Waals surface area contributed by atoms with Crippen molar-refractivity contribution >= 4 is 28.7 Å². The molecule has 10 rings (SSSR count). The Kier molecular flexibility index (Phi) is 7.17. The van der Waals surface area contributed by atoms with Crippen molar-refractivity contribution in [3.05, 3.63) is 185 Å². The summed E-state index contributed by atoms with van der Waals surface area (Å²) in [7, 11) is 1.74. The number of aliphatic imine (C=N–C) groups is 1. The van der Waals surface area contributed by atoms with Crippen molar-refractivity contribution in [2.24, 2.45) is 4.99 Å². The van der Waals surface area contributed by atoms with Crippen molar-refractivity contribution < 1.29 is 0 Å². The maximum absolute atomic E-state index is 10.1. The SMILES string of the molecule is CN=Cc1cc2cc3c(cc2cc1C#N)C1(c2ccccc2Sc2ccc(-c4nc(-c5ccccc5)nc(-c5ccccc5)n4)cc21)c1ccccc1-3. The number of aromatic nitrogens is 3. The van der Waals surface area contributed by atoms with Crippen molar-refractivity contribution in [1.82, 2.24) is 15.0 Å². The molecule has 5 nitrogen and oxygen atoms in total. The molecule has 0 saturated heterocycles. The first-order valence-electron chi connectivity index (χ1n) is 17.5. The van der Waals surface area contributed by atoms with Crippen LogP contribution in [0, 0.1) is 11.3 Å². The molecule has 0 saturated carbocycles. The minimum absolute atomic E-state index is 0.605. The van der Waals surface area contributed by atoms with Gasteiger partial charge in [0.15, 0.2) is 17.5 Å². The van der Waals surface area contributed by atoms with Crippen LogP contribution in [-0.4, -0.2) is 28.2 Å². The van der Waals surface area contributed by atoms with Gasteiger partial charge in [0, 0.05) is 45.3 Å². The summed E-state index contributed by atoms with van der Waals surface area (Å²) in [6.07, 6.45) is 1.76. The summed E-state index contributed by atoms with van der Waals surface area (Å²) in [6.45, 7) is 0. The normalized spacial score (nSPS) is 15.2. The number of benzene rings is 7. The van der Waals surface area contributed by atoms with E-state index < -0.39 is 5.41 Å². The van der Waals surface area contributed by atoms with Gasteiger partial charge in [-0.05, 0) is 86.6 Å². The fourth-order valence-corrected chi connectivity index (χ4v) is 9.30. The van der Waals surface area contributed by atoms with Gasteiger partial charge in [-0.25, -0.2) is 15.0 Å². The van der Waals surface area contributed by atoms with Gasteiger partial charge in [-0.3, -0.25) is 4.99 Å².